The summed E-state index contributed by atoms with van der Waals surface area (Å²) < 4.78 is 11.3. The van der Waals surface area contributed by atoms with Crippen LogP contribution < -0.4 is 0 Å². The van der Waals surface area contributed by atoms with E-state index in [-0.39, 0.29) is 37.0 Å². The summed E-state index contributed by atoms with van der Waals surface area (Å²) in [6, 6.07) is 0. The van der Waals surface area contributed by atoms with Crippen LogP contribution >= 0.6 is 0 Å². The first-order valence-corrected chi connectivity index (χ1v) is 13.4. The summed E-state index contributed by atoms with van der Waals surface area (Å²) in [5.74, 6) is 8.72. The molecular formula is C28H34O4. The molecular weight excluding hydrogens is 400 g/mol. The van der Waals surface area contributed by atoms with Crippen molar-refractivity contribution < 1.29 is 19.1 Å². The van der Waals surface area contributed by atoms with Gasteiger partial charge in [-0.15, -0.1) is 0 Å². The fraction of sp³-hybridized carbons (Fsp3) is 0.786. The number of carbonyl (C=O) groups excluding carboxylic acids is 2. The van der Waals surface area contributed by atoms with E-state index in [1.807, 2.05) is 0 Å². The molecule has 14 unspecified atom stereocenters. The van der Waals surface area contributed by atoms with Crippen molar-refractivity contribution in [2.45, 2.75) is 38.5 Å². The minimum atomic E-state index is -0.0321. The maximum absolute atomic E-state index is 12.8. The maximum Gasteiger partial charge on any atom is 0.309 e. The van der Waals surface area contributed by atoms with Crippen LogP contribution in [0.3, 0.4) is 0 Å². The van der Waals surface area contributed by atoms with Gasteiger partial charge in [0.15, 0.2) is 0 Å². The van der Waals surface area contributed by atoms with E-state index in [1.54, 1.807) is 0 Å². The highest BCUT2D eigenvalue weighted by molar-refractivity contribution is 5.74. The number of rotatable bonds is 5. The predicted molar refractivity (Wildman–Crippen MR) is 117 cm³/mol. The van der Waals surface area contributed by atoms with Crippen LogP contribution in [0.4, 0.5) is 0 Å². The lowest BCUT2D eigenvalue weighted by atomic mass is 9.69. The van der Waals surface area contributed by atoms with Gasteiger partial charge in [0, 0.05) is 0 Å². The Bertz CT molecular complexity index is 846. The molecule has 4 heteroatoms. The number of esters is 2. The Morgan fingerprint density at radius 3 is 1.41 bits per heavy atom. The van der Waals surface area contributed by atoms with E-state index in [9.17, 15) is 9.59 Å². The molecule has 0 saturated heterocycles. The third-order valence-corrected chi connectivity index (χ3v) is 11.7. The van der Waals surface area contributed by atoms with Gasteiger partial charge in [-0.05, 0) is 110 Å². The van der Waals surface area contributed by atoms with Gasteiger partial charge in [-0.1, -0.05) is 24.3 Å². The molecule has 0 aliphatic heterocycles. The fourth-order valence-corrected chi connectivity index (χ4v) is 11.1. The van der Waals surface area contributed by atoms with Gasteiger partial charge < -0.3 is 9.47 Å². The quantitative estimate of drug-likeness (QED) is 0.281. The lowest BCUT2D eigenvalue weighted by Gasteiger charge is -2.36. The van der Waals surface area contributed by atoms with Gasteiger partial charge in [-0.2, -0.15) is 0 Å². The molecule has 32 heavy (non-hydrogen) atoms. The van der Waals surface area contributed by atoms with Crippen molar-refractivity contribution in [2.75, 3.05) is 13.2 Å². The Balaban J connectivity index is 0.836. The standard InChI is InChI=1S/C28H34O4/c29-27(21-11-17-9-19(21)25-15-3-1-13(7-15)23(17)25)31-5-6-32-28(30)22-12-18-10-20(22)26-16-4-2-14(8-16)24(18)26/h1-4,13-26H,5-12H2. The van der Waals surface area contributed by atoms with Gasteiger partial charge in [0.25, 0.3) is 0 Å². The van der Waals surface area contributed by atoms with Crippen molar-refractivity contribution in [2.24, 2.45) is 82.9 Å². The van der Waals surface area contributed by atoms with Crippen LogP contribution in [0.1, 0.15) is 38.5 Å². The van der Waals surface area contributed by atoms with E-state index in [1.165, 1.54) is 25.7 Å². The van der Waals surface area contributed by atoms with Crippen LogP contribution in [0.2, 0.25) is 0 Å². The molecule has 6 fully saturated rings. The minimum Gasteiger partial charge on any atom is -0.462 e. The molecule has 0 heterocycles. The number of fused-ring (bicyclic) bond motifs is 18. The molecule has 14 atom stereocenters. The van der Waals surface area contributed by atoms with Gasteiger partial charge >= 0.3 is 11.9 Å². The van der Waals surface area contributed by atoms with Gasteiger partial charge in [-0.25, -0.2) is 0 Å². The van der Waals surface area contributed by atoms with Crippen molar-refractivity contribution in [1.82, 2.24) is 0 Å². The average molecular weight is 435 g/mol. The predicted octanol–water partition coefficient (Wildman–Crippen LogP) is 4.26. The zero-order valence-corrected chi connectivity index (χ0v) is 18.7. The van der Waals surface area contributed by atoms with Crippen molar-refractivity contribution in [3.8, 4) is 0 Å². The number of hydrogen-bond acceptors (Lipinski definition) is 4. The van der Waals surface area contributed by atoms with E-state index < -0.39 is 0 Å². The number of carbonyl (C=O) groups is 2. The average Bonchev–Trinajstić information content (AvgIpc) is 3.65. The minimum absolute atomic E-state index is 0.0321. The second-order valence-corrected chi connectivity index (χ2v) is 12.5. The number of allylic oxidation sites excluding steroid dienone is 4. The summed E-state index contributed by atoms with van der Waals surface area (Å²) >= 11 is 0. The number of ether oxygens (including phenoxy) is 2. The van der Waals surface area contributed by atoms with Crippen LogP contribution in [0.25, 0.3) is 0 Å². The summed E-state index contributed by atoms with van der Waals surface area (Å²) in [5, 5.41) is 0. The molecule has 0 N–H and O–H groups in total. The largest absolute Gasteiger partial charge is 0.462 e. The van der Waals surface area contributed by atoms with E-state index in [2.05, 4.69) is 24.3 Å². The summed E-state index contributed by atoms with van der Waals surface area (Å²) in [6.45, 7) is 0.442. The molecule has 8 aliphatic carbocycles. The van der Waals surface area contributed by atoms with E-state index >= 15 is 0 Å². The van der Waals surface area contributed by atoms with Crippen molar-refractivity contribution in [3.05, 3.63) is 24.3 Å². The molecule has 8 rings (SSSR count). The lowest BCUT2D eigenvalue weighted by molar-refractivity contribution is -0.160. The lowest BCUT2D eigenvalue weighted by Crippen LogP contribution is -2.36. The van der Waals surface area contributed by atoms with Crippen LogP contribution in [-0.2, 0) is 19.1 Å². The van der Waals surface area contributed by atoms with E-state index in [0.29, 0.717) is 23.7 Å². The van der Waals surface area contributed by atoms with Crippen LogP contribution in [0.15, 0.2) is 24.3 Å². The smallest absolute Gasteiger partial charge is 0.309 e. The molecule has 0 aromatic heterocycles. The van der Waals surface area contributed by atoms with E-state index in [4.69, 9.17) is 9.47 Å². The molecule has 8 aliphatic rings. The Morgan fingerprint density at radius 2 is 0.969 bits per heavy atom. The normalized spacial score (nSPS) is 56.2. The summed E-state index contributed by atoms with van der Waals surface area (Å²) in [5.41, 5.74) is 0. The maximum atomic E-state index is 12.8. The highest BCUT2D eigenvalue weighted by atomic mass is 16.6. The summed E-state index contributed by atoms with van der Waals surface area (Å²) in [6.07, 6.45) is 16.8. The number of hydrogen-bond donors (Lipinski definition) is 0. The zero-order valence-electron chi connectivity index (χ0n) is 18.7. The van der Waals surface area contributed by atoms with Crippen molar-refractivity contribution >= 4 is 11.9 Å². The molecule has 6 saturated carbocycles. The molecule has 170 valence electrons. The summed E-state index contributed by atoms with van der Waals surface area (Å²) in [4.78, 5) is 25.7. The first kappa shape index (κ1) is 18.8. The monoisotopic (exact) mass is 434 g/mol. The SMILES string of the molecule is O=C(OCCOC(=O)C1CC2CC1C1C3C=CC(C3)C21)C1CC2CC1C1C3C=CC(C3)C21. The van der Waals surface area contributed by atoms with Crippen LogP contribution in [-0.4, -0.2) is 25.2 Å². The first-order chi connectivity index (χ1) is 15.7. The second kappa shape index (κ2) is 6.51. The van der Waals surface area contributed by atoms with Gasteiger partial charge in [0.05, 0.1) is 11.8 Å². The molecule has 0 aromatic carbocycles. The van der Waals surface area contributed by atoms with Crippen LogP contribution in [0.5, 0.6) is 0 Å². The molecule has 0 spiro atoms. The summed E-state index contributed by atoms with van der Waals surface area (Å²) in [7, 11) is 0. The molecule has 0 amide bonds. The Kier molecular flexibility index (Phi) is 3.82. The first-order valence-electron chi connectivity index (χ1n) is 13.4. The van der Waals surface area contributed by atoms with Gasteiger partial charge in [0.1, 0.15) is 13.2 Å². The highest BCUT2D eigenvalue weighted by Gasteiger charge is 2.63. The fourth-order valence-electron chi connectivity index (χ4n) is 11.1. The van der Waals surface area contributed by atoms with E-state index in [0.717, 1.165) is 60.2 Å². The topological polar surface area (TPSA) is 52.6 Å². The van der Waals surface area contributed by atoms with Gasteiger partial charge in [0.2, 0.25) is 0 Å². The Labute approximate surface area is 190 Å². The highest BCUT2D eigenvalue weighted by Crippen LogP contribution is 2.68. The molecule has 4 nitrogen and oxygen atoms in total. The Hall–Kier alpha value is -1.58. The molecule has 0 radical (unpaired) electrons. The zero-order chi connectivity index (χ0) is 21.1. The molecule has 0 aromatic rings. The third kappa shape index (κ3) is 2.35. The molecule has 8 bridgehead atoms. The second-order valence-electron chi connectivity index (χ2n) is 12.5. The van der Waals surface area contributed by atoms with Crippen molar-refractivity contribution in [3.63, 3.8) is 0 Å². The van der Waals surface area contributed by atoms with Crippen LogP contribution in [0, 0.1) is 82.9 Å². The van der Waals surface area contributed by atoms with Gasteiger partial charge in [-0.3, -0.25) is 9.59 Å². The van der Waals surface area contributed by atoms with Crippen molar-refractivity contribution in [1.29, 1.82) is 0 Å². The third-order valence-electron chi connectivity index (χ3n) is 11.7. The Morgan fingerprint density at radius 1 is 0.562 bits per heavy atom.